The molecule has 0 radical (unpaired) electrons. The van der Waals surface area contributed by atoms with Crippen LogP contribution in [-0.4, -0.2) is 48.3 Å². The summed E-state index contributed by atoms with van der Waals surface area (Å²) in [7, 11) is 0. The molecule has 0 heterocycles. The van der Waals surface area contributed by atoms with Gasteiger partial charge in [-0.2, -0.15) is 0 Å². The van der Waals surface area contributed by atoms with Crippen molar-refractivity contribution >= 4 is 23.9 Å². The number of ether oxygens (including phenoxy) is 4. The third kappa shape index (κ3) is 6.93. The first-order chi connectivity index (χ1) is 20.1. The molecule has 0 aromatic rings. The van der Waals surface area contributed by atoms with Crippen LogP contribution in [0.25, 0.3) is 0 Å². The fourth-order valence-electron chi connectivity index (χ4n) is 10.6. The minimum Gasteiger partial charge on any atom is -0.463 e. The van der Waals surface area contributed by atoms with Gasteiger partial charge in [0.15, 0.2) is 0 Å². The van der Waals surface area contributed by atoms with Crippen molar-refractivity contribution in [1.29, 1.82) is 0 Å². The lowest BCUT2D eigenvalue weighted by atomic mass is 9.43. The van der Waals surface area contributed by atoms with Gasteiger partial charge in [0.2, 0.25) is 0 Å². The summed E-state index contributed by atoms with van der Waals surface area (Å²) < 4.78 is 23.6. The summed E-state index contributed by atoms with van der Waals surface area (Å²) in [6, 6.07) is 0. The molecule has 8 heteroatoms. The fraction of sp³-hybridized carbons (Fsp3) is 0.886. The highest BCUT2D eigenvalue weighted by Crippen LogP contribution is 2.69. The highest BCUT2D eigenvalue weighted by molar-refractivity contribution is 5.67. The standard InChI is InChI=1S/C35H56O8/c1-19(2)30(41-22(5)37)11-10-20(3)28-18-32(43-24(7)39)33-26-17-31(42-23(6)38)29-16-25(40-21(4)36)12-14-34(29,8)27(26)13-15-35(28,33)9/h19-20,25-33H,10-18H2,1-9H3/t20-,25+,26-,27+,28-,29-,30+,31+,32+,33+,34-,35-/m1/s1. The molecule has 8 nitrogen and oxygen atoms in total. The Morgan fingerprint density at radius 3 is 1.88 bits per heavy atom. The Kier molecular flexibility index (Phi) is 10.3. The molecule has 4 aliphatic rings. The SMILES string of the molecule is CC(=O)O[C@H]1CC[C@@]2(C)[C@H](C1)[C@@H](OC(C)=O)C[C@H]1[C@H]3[C@@H](OC(C)=O)C[C@H]([C@H](C)CC[C@H](OC(C)=O)C(C)C)[C@@]3(C)CC[C@@H]12. The molecule has 4 saturated carbocycles. The quantitative estimate of drug-likeness (QED) is 0.212. The van der Waals surface area contributed by atoms with E-state index in [4.69, 9.17) is 18.9 Å². The highest BCUT2D eigenvalue weighted by Gasteiger charge is 2.66. The van der Waals surface area contributed by atoms with Gasteiger partial charge in [0.25, 0.3) is 0 Å². The van der Waals surface area contributed by atoms with Gasteiger partial charge in [-0.3, -0.25) is 19.2 Å². The van der Waals surface area contributed by atoms with Crippen LogP contribution in [0.3, 0.4) is 0 Å². The molecule has 43 heavy (non-hydrogen) atoms. The summed E-state index contributed by atoms with van der Waals surface area (Å²) in [6.07, 6.45) is 7.27. The van der Waals surface area contributed by atoms with Gasteiger partial charge in [-0.25, -0.2) is 0 Å². The lowest BCUT2D eigenvalue weighted by Gasteiger charge is -2.62. The first kappa shape index (κ1) is 33.8. The molecule has 4 fully saturated rings. The molecule has 0 aromatic heterocycles. The zero-order valence-corrected chi connectivity index (χ0v) is 28.0. The van der Waals surface area contributed by atoms with Gasteiger partial charge in [-0.15, -0.1) is 0 Å². The molecule has 0 aromatic carbocycles. The van der Waals surface area contributed by atoms with Gasteiger partial charge in [0.1, 0.15) is 24.4 Å². The molecule has 244 valence electrons. The topological polar surface area (TPSA) is 105 Å². The van der Waals surface area contributed by atoms with Gasteiger partial charge in [0, 0.05) is 39.5 Å². The Hall–Kier alpha value is -2.12. The number of fused-ring (bicyclic) bond motifs is 5. The fourth-order valence-corrected chi connectivity index (χ4v) is 10.6. The number of hydrogen-bond donors (Lipinski definition) is 0. The molecule has 0 spiro atoms. The minimum atomic E-state index is -0.277. The summed E-state index contributed by atoms with van der Waals surface area (Å²) >= 11 is 0. The molecular formula is C35H56O8. The van der Waals surface area contributed by atoms with Gasteiger partial charge in [-0.05, 0) is 98.2 Å². The van der Waals surface area contributed by atoms with Crippen molar-refractivity contribution in [3.05, 3.63) is 0 Å². The van der Waals surface area contributed by atoms with E-state index in [1.165, 1.54) is 27.7 Å². The number of rotatable bonds is 9. The summed E-state index contributed by atoms with van der Waals surface area (Å²) in [5.41, 5.74) is -0.0750. The molecule has 0 unspecified atom stereocenters. The highest BCUT2D eigenvalue weighted by atomic mass is 16.6. The van der Waals surface area contributed by atoms with Gasteiger partial charge >= 0.3 is 23.9 Å². The van der Waals surface area contributed by atoms with Crippen molar-refractivity contribution in [2.24, 2.45) is 52.3 Å². The second-order valence-electron chi connectivity index (χ2n) is 15.3. The summed E-state index contributed by atoms with van der Waals surface area (Å²) in [4.78, 5) is 48.4. The molecule has 0 amide bonds. The maximum absolute atomic E-state index is 12.5. The van der Waals surface area contributed by atoms with Crippen LogP contribution in [0, 0.1) is 52.3 Å². The molecule has 4 aliphatic carbocycles. The van der Waals surface area contributed by atoms with Crippen molar-refractivity contribution in [3.63, 3.8) is 0 Å². The first-order valence-corrected chi connectivity index (χ1v) is 16.8. The second kappa shape index (κ2) is 13.1. The zero-order chi connectivity index (χ0) is 31.9. The second-order valence-corrected chi connectivity index (χ2v) is 15.3. The molecule has 12 atom stereocenters. The van der Waals surface area contributed by atoms with Crippen molar-refractivity contribution < 1.29 is 38.1 Å². The molecule has 0 aliphatic heterocycles. The Balaban J connectivity index is 1.63. The van der Waals surface area contributed by atoms with Crippen molar-refractivity contribution in [2.75, 3.05) is 0 Å². The van der Waals surface area contributed by atoms with E-state index < -0.39 is 0 Å². The maximum atomic E-state index is 12.5. The maximum Gasteiger partial charge on any atom is 0.302 e. The third-order valence-electron chi connectivity index (χ3n) is 12.3. The predicted octanol–water partition coefficient (Wildman–Crippen LogP) is 6.66. The number of hydrogen-bond acceptors (Lipinski definition) is 8. The lowest BCUT2D eigenvalue weighted by Crippen LogP contribution is -2.60. The van der Waals surface area contributed by atoms with E-state index in [-0.39, 0.29) is 82.8 Å². The van der Waals surface area contributed by atoms with Gasteiger partial charge in [-0.1, -0.05) is 34.6 Å². The number of esters is 4. The third-order valence-corrected chi connectivity index (χ3v) is 12.3. The van der Waals surface area contributed by atoms with Crippen LogP contribution in [-0.2, 0) is 38.1 Å². The average molecular weight is 605 g/mol. The van der Waals surface area contributed by atoms with Crippen molar-refractivity contribution in [2.45, 2.75) is 145 Å². The zero-order valence-electron chi connectivity index (χ0n) is 28.0. The summed E-state index contributed by atoms with van der Waals surface area (Å²) in [6.45, 7) is 17.2. The van der Waals surface area contributed by atoms with Crippen LogP contribution < -0.4 is 0 Å². The van der Waals surface area contributed by atoms with Gasteiger partial charge in [0.05, 0.1) is 0 Å². The minimum absolute atomic E-state index is 0.0195. The van der Waals surface area contributed by atoms with E-state index in [9.17, 15) is 19.2 Å². The van der Waals surface area contributed by atoms with E-state index in [0.29, 0.717) is 24.2 Å². The van der Waals surface area contributed by atoms with Crippen LogP contribution in [0.4, 0.5) is 0 Å². The molecule has 4 rings (SSSR count). The van der Waals surface area contributed by atoms with Crippen LogP contribution in [0.15, 0.2) is 0 Å². The summed E-state index contributed by atoms with van der Waals surface area (Å²) in [5, 5.41) is 0. The first-order valence-electron chi connectivity index (χ1n) is 16.8. The molecular weight excluding hydrogens is 548 g/mol. The number of carbonyl (C=O) groups is 4. The monoisotopic (exact) mass is 604 g/mol. The largest absolute Gasteiger partial charge is 0.463 e. The van der Waals surface area contributed by atoms with Crippen LogP contribution in [0.1, 0.15) is 120 Å². The summed E-state index contributed by atoms with van der Waals surface area (Å²) in [5.74, 6) is 0.957. The number of carbonyl (C=O) groups excluding carboxylic acids is 4. The van der Waals surface area contributed by atoms with Crippen LogP contribution >= 0.6 is 0 Å². The van der Waals surface area contributed by atoms with E-state index in [2.05, 4.69) is 34.6 Å². The average Bonchev–Trinajstić information content (AvgIpc) is 3.17. The van der Waals surface area contributed by atoms with E-state index in [1.54, 1.807) is 0 Å². The smallest absolute Gasteiger partial charge is 0.302 e. The predicted molar refractivity (Wildman–Crippen MR) is 161 cm³/mol. The van der Waals surface area contributed by atoms with Gasteiger partial charge < -0.3 is 18.9 Å². The van der Waals surface area contributed by atoms with E-state index in [1.807, 2.05) is 0 Å². The van der Waals surface area contributed by atoms with Crippen LogP contribution in [0.5, 0.6) is 0 Å². The molecule has 0 N–H and O–H groups in total. The Morgan fingerprint density at radius 1 is 0.698 bits per heavy atom. The Labute approximate surface area is 258 Å². The molecule has 0 saturated heterocycles. The Morgan fingerprint density at radius 2 is 1.30 bits per heavy atom. The lowest BCUT2D eigenvalue weighted by molar-refractivity contribution is -0.204. The normalized spacial score (nSPS) is 39.9. The Bertz CT molecular complexity index is 1050. The van der Waals surface area contributed by atoms with Crippen molar-refractivity contribution in [1.82, 2.24) is 0 Å². The van der Waals surface area contributed by atoms with Crippen LogP contribution in [0.2, 0.25) is 0 Å². The van der Waals surface area contributed by atoms with Crippen molar-refractivity contribution in [3.8, 4) is 0 Å². The molecule has 0 bridgehead atoms. The van der Waals surface area contributed by atoms with E-state index in [0.717, 1.165) is 51.4 Å². The van der Waals surface area contributed by atoms with E-state index >= 15 is 0 Å².